The lowest BCUT2D eigenvalue weighted by atomic mass is 10.1. The first kappa shape index (κ1) is 14.9. The molecule has 4 nitrogen and oxygen atoms in total. The molecule has 2 aliphatic rings. The Hall–Kier alpha value is -1.07. The van der Waals surface area contributed by atoms with Crippen LogP contribution in [0, 0.1) is 19.8 Å². The Kier molecular flexibility index (Phi) is 3.74. The van der Waals surface area contributed by atoms with E-state index in [4.69, 9.17) is 0 Å². The molecule has 5 heteroatoms. The summed E-state index contributed by atoms with van der Waals surface area (Å²) in [6.07, 6.45) is 4.38. The average Bonchev–Trinajstić information content (AvgIpc) is 3.26. The van der Waals surface area contributed by atoms with Crippen molar-refractivity contribution >= 4 is 15.7 Å². The van der Waals surface area contributed by atoms with Crippen LogP contribution in [0.3, 0.4) is 0 Å². The van der Waals surface area contributed by atoms with Crippen LogP contribution in [-0.2, 0) is 10.0 Å². The van der Waals surface area contributed by atoms with Gasteiger partial charge in [0.05, 0.1) is 4.90 Å². The summed E-state index contributed by atoms with van der Waals surface area (Å²) in [5.41, 5.74) is 2.63. The molecule has 0 radical (unpaired) electrons. The van der Waals surface area contributed by atoms with Crippen LogP contribution in [0.15, 0.2) is 17.0 Å². The van der Waals surface area contributed by atoms with Crippen LogP contribution in [-0.4, -0.2) is 32.4 Å². The fraction of sp³-hybridized carbons (Fsp3) is 0.625. The first-order valence-electron chi connectivity index (χ1n) is 7.74. The van der Waals surface area contributed by atoms with Gasteiger partial charge >= 0.3 is 0 Å². The summed E-state index contributed by atoms with van der Waals surface area (Å²) < 4.78 is 28.0. The number of benzene rings is 1. The zero-order chi connectivity index (χ0) is 15.2. The standard InChI is InChI=1S/C16H24N2O2S/c1-11-8-14(17-3)9-12(2)16(11)21(19,20)18(15-6-7-15)10-13-4-5-13/h8-9,13,15,17H,4-7,10H2,1-3H3. The lowest BCUT2D eigenvalue weighted by Crippen LogP contribution is -2.35. The largest absolute Gasteiger partial charge is 0.388 e. The van der Waals surface area contributed by atoms with Gasteiger partial charge in [-0.1, -0.05) is 0 Å². The zero-order valence-electron chi connectivity index (χ0n) is 13.0. The number of aryl methyl sites for hydroxylation is 2. The van der Waals surface area contributed by atoms with Crippen molar-refractivity contribution < 1.29 is 8.42 Å². The van der Waals surface area contributed by atoms with Crippen molar-refractivity contribution in [1.82, 2.24) is 4.31 Å². The number of hydrogen-bond donors (Lipinski definition) is 1. The second-order valence-electron chi connectivity index (χ2n) is 6.44. The zero-order valence-corrected chi connectivity index (χ0v) is 13.8. The molecule has 2 fully saturated rings. The van der Waals surface area contributed by atoms with Crippen molar-refractivity contribution in [1.29, 1.82) is 0 Å². The minimum absolute atomic E-state index is 0.235. The highest BCUT2D eigenvalue weighted by molar-refractivity contribution is 7.89. The Balaban J connectivity index is 1.99. The molecule has 0 bridgehead atoms. The molecular weight excluding hydrogens is 284 g/mol. The maximum Gasteiger partial charge on any atom is 0.243 e. The van der Waals surface area contributed by atoms with Gasteiger partial charge in [-0.3, -0.25) is 0 Å². The summed E-state index contributed by atoms with van der Waals surface area (Å²) in [5.74, 6) is 0.581. The molecule has 0 aliphatic heterocycles. The van der Waals surface area contributed by atoms with Crippen LogP contribution in [0.4, 0.5) is 5.69 Å². The molecule has 1 aromatic carbocycles. The highest BCUT2D eigenvalue weighted by atomic mass is 32.2. The van der Waals surface area contributed by atoms with Gasteiger partial charge in [0.1, 0.15) is 0 Å². The summed E-state index contributed by atoms with van der Waals surface area (Å²) in [6, 6.07) is 4.07. The van der Waals surface area contributed by atoms with E-state index >= 15 is 0 Å². The first-order valence-corrected chi connectivity index (χ1v) is 9.18. The second-order valence-corrected chi connectivity index (χ2v) is 8.27. The van der Waals surface area contributed by atoms with E-state index in [1.54, 1.807) is 4.31 Å². The first-order chi connectivity index (χ1) is 9.93. The van der Waals surface area contributed by atoms with Crippen LogP contribution < -0.4 is 5.32 Å². The van der Waals surface area contributed by atoms with Gasteiger partial charge in [-0.2, -0.15) is 4.31 Å². The molecule has 0 saturated heterocycles. The van der Waals surface area contributed by atoms with Gasteiger partial charge in [0.15, 0.2) is 0 Å². The molecular formula is C16H24N2O2S. The fourth-order valence-electron chi connectivity index (χ4n) is 2.98. The predicted molar refractivity (Wildman–Crippen MR) is 85.1 cm³/mol. The third-order valence-electron chi connectivity index (χ3n) is 4.40. The molecule has 0 amide bonds. The Morgan fingerprint density at radius 3 is 2.14 bits per heavy atom. The van der Waals surface area contributed by atoms with Gasteiger partial charge in [0.2, 0.25) is 10.0 Å². The Labute approximate surface area is 127 Å². The molecule has 3 rings (SSSR count). The summed E-state index contributed by atoms with van der Waals surface area (Å²) in [6.45, 7) is 4.49. The predicted octanol–water partition coefficient (Wildman–Crippen LogP) is 2.91. The van der Waals surface area contributed by atoms with Crippen molar-refractivity contribution in [2.45, 2.75) is 50.5 Å². The minimum Gasteiger partial charge on any atom is -0.388 e. The molecule has 0 atom stereocenters. The highest BCUT2D eigenvalue weighted by Crippen LogP contribution is 2.39. The van der Waals surface area contributed by atoms with Crippen LogP contribution in [0.25, 0.3) is 0 Å². The lowest BCUT2D eigenvalue weighted by molar-refractivity contribution is 0.388. The molecule has 0 unspecified atom stereocenters. The minimum atomic E-state index is -3.37. The quantitative estimate of drug-likeness (QED) is 0.879. The topological polar surface area (TPSA) is 49.4 Å². The number of nitrogens with zero attached hydrogens (tertiary/aromatic N) is 1. The van der Waals surface area contributed by atoms with E-state index in [1.807, 2.05) is 33.0 Å². The van der Waals surface area contributed by atoms with Crippen LogP contribution >= 0.6 is 0 Å². The number of sulfonamides is 1. The summed E-state index contributed by atoms with van der Waals surface area (Å²) in [5, 5.41) is 3.09. The summed E-state index contributed by atoms with van der Waals surface area (Å²) in [4.78, 5) is 0.508. The van der Waals surface area contributed by atoms with Crippen molar-refractivity contribution in [3.63, 3.8) is 0 Å². The molecule has 21 heavy (non-hydrogen) atoms. The normalized spacial score (nSPS) is 19.0. The van der Waals surface area contributed by atoms with Gasteiger partial charge in [-0.15, -0.1) is 0 Å². The van der Waals surface area contributed by atoms with Gasteiger partial charge in [0.25, 0.3) is 0 Å². The highest BCUT2D eigenvalue weighted by Gasteiger charge is 2.42. The van der Waals surface area contributed by atoms with Crippen LogP contribution in [0.5, 0.6) is 0 Å². The van der Waals surface area contributed by atoms with Gasteiger partial charge in [-0.05, 0) is 68.7 Å². The third-order valence-corrected chi connectivity index (χ3v) is 6.63. The Morgan fingerprint density at radius 2 is 1.71 bits per heavy atom. The molecule has 2 saturated carbocycles. The van der Waals surface area contributed by atoms with E-state index < -0.39 is 10.0 Å². The SMILES string of the molecule is CNc1cc(C)c(S(=O)(=O)N(CC2CC2)C2CC2)c(C)c1. The van der Waals surface area contributed by atoms with Gasteiger partial charge in [-0.25, -0.2) is 8.42 Å². The van der Waals surface area contributed by atoms with Crippen molar-refractivity contribution in [3.8, 4) is 0 Å². The van der Waals surface area contributed by atoms with E-state index in [2.05, 4.69) is 5.32 Å². The molecule has 1 N–H and O–H groups in total. The van der Waals surface area contributed by atoms with Crippen LogP contribution in [0.1, 0.15) is 36.8 Å². The smallest absolute Gasteiger partial charge is 0.243 e. The third kappa shape index (κ3) is 2.94. The Morgan fingerprint density at radius 1 is 1.14 bits per heavy atom. The van der Waals surface area contributed by atoms with E-state index in [-0.39, 0.29) is 6.04 Å². The Bertz CT molecular complexity index is 623. The molecule has 116 valence electrons. The number of anilines is 1. The van der Waals surface area contributed by atoms with Crippen LogP contribution in [0.2, 0.25) is 0 Å². The van der Waals surface area contributed by atoms with E-state index in [9.17, 15) is 8.42 Å². The fourth-order valence-corrected chi connectivity index (χ4v) is 5.16. The van der Waals surface area contributed by atoms with Crippen molar-refractivity contribution in [3.05, 3.63) is 23.3 Å². The maximum atomic E-state index is 13.1. The average molecular weight is 308 g/mol. The summed E-state index contributed by atoms with van der Waals surface area (Å²) in [7, 11) is -1.52. The molecule has 0 spiro atoms. The number of rotatable bonds is 6. The van der Waals surface area contributed by atoms with Crippen molar-refractivity contribution in [2.24, 2.45) is 5.92 Å². The van der Waals surface area contributed by atoms with Gasteiger partial charge in [0, 0.05) is 25.3 Å². The van der Waals surface area contributed by atoms with E-state index in [0.29, 0.717) is 17.4 Å². The van der Waals surface area contributed by atoms with Gasteiger partial charge < -0.3 is 5.32 Å². The van der Waals surface area contributed by atoms with E-state index in [1.165, 1.54) is 12.8 Å². The molecule has 1 aromatic rings. The number of hydrogen-bond acceptors (Lipinski definition) is 3. The second kappa shape index (κ2) is 5.29. The summed E-state index contributed by atoms with van der Waals surface area (Å²) >= 11 is 0. The molecule has 0 aromatic heterocycles. The lowest BCUT2D eigenvalue weighted by Gasteiger charge is -2.24. The van der Waals surface area contributed by atoms with E-state index in [0.717, 1.165) is 29.7 Å². The maximum absolute atomic E-state index is 13.1. The van der Waals surface area contributed by atoms with Crippen molar-refractivity contribution in [2.75, 3.05) is 18.9 Å². The monoisotopic (exact) mass is 308 g/mol. The molecule has 0 heterocycles. The number of nitrogens with one attached hydrogen (secondary N) is 1. The molecule has 2 aliphatic carbocycles.